The molecule has 0 atom stereocenters. The van der Waals surface area contributed by atoms with Crippen LogP contribution in [0.4, 0.5) is 0 Å². The highest BCUT2D eigenvalue weighted by atomic mass is 32.1. The van der Waals surface area contributed by atoms with Gasteiger partial charge in [0, 0.05) is 54.6 Å². The quantitative estimate of drug-likeness (QED) is 0.675. The van der Waals surface area contributed by atoms with Gasteiger partial charge in [0.2, 0.25) is 0 Å². The molecular weight excluding hydrogens is 430 g/mol. The molecule has 0 radical (unpaired) electrons. The second-order valence-electron chi connectivity index (χ2n) is 10.3. The summed E-state index contributed by atoms with van der Waals surface area (Å²) in [6, 6.07) is 7.45. The maximum Gasteiger partial charge on any atom is 0.0966 e. The maximum atomic E-state index is 9.75. The minimum absolute atomic E-state index is 0.0458. The van der Waals surface area contributed by atoms with Crippen LogP contribution in [0, 0.1) is 0 Å². The summed E-state index contributed by atoms with van der Waals surface area (Å²) < 4.78 is 6.45. The van der Waals surface area contributed by atoms with E-state index in [1.165, 1.54) is 16.0 Å². The molecule has 1 spiro atoms. The molecule has 2 aromatic heterocycles. The number of nitrogens with zero attached hydrogens (tertiary/aromatic N) is 3. The molecule has 3 aliphatic rings. The number of hydrogen-bond donors (Lipinski definition) is 1. The Bertz CT molecular complexity index is 912. The Balaban J connectivity index is 1.14. The molecule has 5 rings (SSSR count). The number of aromatic nitrogens is 1. The summed E-state index contributed by atoms with van der Waals surface area (Å²) in [5.41, 5.74) is 3.89. The summed E-state index contributed by atoms with van der Waals surface area (Å²) in [7, 11) is 2.19. The first-order chi connectivity index (χ1) is 16.0. The number of fused-ring (bicyclic) bond motifs is 2. The number of aliphatic hydroxyl groups is 1. The van der Waals surface area contributed by atoms with Crippen LogP contribution in [0.15, 0.2) is 24.4 Å². The zero-order chi connectivity index (χ0) is 22.8. The third-order valence-electron chi connectivity index (χ3n) is 8.06. The van der Waals surface area contributed by atoms with Crippen LogP contribution >= 0.6 is 11.3 Å². The molecule has 0 amide bonds. The van der Waals surface area contributed by atoms with Crippen molar-refractivity contribution < 1.29 is 9.84 Å². The molecule has 180 valence electrons. The lowest BCUT2D eigenvalue weighted by molar-refractivity contribution is -0.0981. The maximum absolute atomic E-state index is 9.75. The Morgan fingerprint density at radius 1 is 1.21 bits per heavy atom. The van der Waals surface area contributed by atoms with Crippen molar-refractivity contribution in [2.45, 2.75) is 89.1 Å². The number of rotatable bonds is 6. The monoisotopic (exact) mass is 469 g/mol. The minimum Gasteiger partial charge on any atom is -0.393 e. The lowest BCUT2D eigenvalue weighted by atomic mass is 9.82. The van der Waals surface area contributed by atoms with Crippen molar-refractivity contribution in [1.29, 1.82) is 0 Å². The molecule has 0 aromatic carbocycles. The first kappa shape index (κ1) is 23.4. The van der Waals surface area contributed by atoms with Crippen molar-refractivity contribution >= 4 is 11.3 Å². The fourth-order valence-electron chi connectivity index (χ4n) is 5.92. The molecule has 5 nitrogen and oxygen atoms in total. The molecular formula is C27H39N3O2S. The summed E-state index contributed by atoms with van der Waals surface area (Å²) in [6.07, 6.45) is 10.4. The highest BCUT2D eigenvalue weighted by molar-refractivity contribution is 7.12. The largest absolute Gasteiger partial charge is 0.393 e. The van der Waals surface area contributed by atoms with Crippen molar-refractivity contribution in [3.63, 3.8) is 0 Å². The minimum atomic E-state index is -0.0949. The van der Waals surface area contributed by atoms with Crippen molar-refractivity contribution in [3.8, 4) is 0 Å². The van der Waals surface area contributed by atoms with Crippen molar-refractivity contribution in [3.05, 3.63) is 51.0 Å². The Labute approximate surface area is 202 Å². The molecule has 0 bridgehead atoms. The fourth-order valence-corrected chi connectivity index (χ4v) is 7.09. The summed E-state index contributed by atoms with van der Waals surface area (Å²) in [6.45, 7) is 7.14. The SMILES string of the molecule is CCc1cc2c(s1)CCOC21CCN(Cc2ccc(CN(C)C3CCC(O)CC3)nc2)CC1. The lowest BCUT2D eigenvalue weighted by Crippen LogP contribution is -2.45. The van der Waals surface area contributed by atoms with Gasteiger partial charge >= 0.3 is 0 Å². The van der Waals surface area contributed by atoms with E-state index in [1.807, 2.05) is 11.3 Å². The van der Waals surface area contributed by atoms with Crippen molar-refractivity contribution in [2.24, 2.45) is 0 Å². The predicted molar refractivity (Wildman–Crippen MR) is 134 cm³/mol. The molecule has 2 aliphatic heterocycles. The highest BCUT2D eigenvalue weighted by Gasteiger charge is 2.41. The van der Waals surface area contributed by atoms with Crippen LogP contribution < -0.4 is 0 Å². The summed E-state index contributed by atoms with van der Waals surface area (Å²) in [5.74, 6) is 0. The van der Waals surface area contributed by atoms with E-state index in [2.05, 4.69) is 48.2 Å². The van der Waals surface area contributed by atoms with Crippen molar-refractivity contribution in [2.75, 3.05) is 26.7 Å². The van der Waals surface area contributed by atoms with Gasteiger partial charge in [-0.1, -0.05) is 13.0 Å². The fraction of sp³-hybridized carbons (Fsp3) is 0.667. The average molecular weight is 470 g/mol. The number of pyridine rings is 1. The van der Waals surface area contributed by atoms with Gasteiger partial charge in [0.05, 0.1) is 24.0 Å². The summed E-state index contributed by atoms with van der Waals surface area (Å²) >= 11 is 2.00. The number of ether oxygens (including phenoxy) is 1. The summed E-state index contributed by atoms with van der Waals surface area (Å²) in [5, 5.41) is 9.75. The van der Waals surface area contributed by atoms with Gasteiger partial charge in [-0.3, -0.25) is 14.8 Å². The number of hydrogen-bond acceptors (Lipinski definition) is 6. The first-order valence-corrected chi connectivity index (χ1v) is 13.7. The number of aliphatic hydroxyl groups excluding tert-OH is 1. The van der Waals surface area contributed by atoms with Crippen LogP contribution in [0.25, 0.3) is 0 Å². The van der Waals surface area contributed by atoms with Gasteiger partial charge in [-0.25, -0.2) is 0 Å². The molecule has 1 saturated carbocycles. The molecule has 0 unspecified atom stereocenters. The van der Waals surface area contributed by atoms with Gasteiger partial charge in [-0.15, -0.1) is 11.3 Å². The van der Waals surface area contributed by atoms with Crippen LogP contribution in [-0.4, -0.2) is 58.8 Å². The molecule has 1 aliphatic carbocycles. The average Bonchev–Trinajstić information content (AvgIpc) is 3.27. The Morgan fingerprint density at radius 3 is 2.70 bits per heavy atom. The standard InChI is InChI=1S/C27H39N3O2S/c1-3-24-16-25-26(33-24)10-15-32-27(25)11-13-30(14-12-27)18-20-4-5-21(28-17-20)19-29(2)22-6-8-23(31)9-7-22/h4-5,16-17,22-23,31H,3,6-15,18-19H2,1-2H3. The zero-order valence-corrected chi connectivity index (χ0v) is 21.1. The van der Waals surface area contributed by atoms with Crippen LogP contribution in [-0.2, 0) is 36.3 Å². The van der Waals surface area contributed by atoms with Gasteiger partial charge in [0.1, 0.15) is 0 Å². The number of piperidine rings is 1. The second kappa shape index (κ2) is 10.1. The van der Waals surface area contributed by atoms with E-state index in [0.717, 1.165) is 89.8 Å². The van der Waals surface area contributed by atoms with Crippen LogP contribution in [0.5, 0.6) is 0 Å². The Morgan fingerprint density at radius 2 is 2.00 bits per heavy atom. The molecule has 2 fully saturated rings. The van der Waals surface area contributed by atoms with Crippen molar-refractivity contribution in [1.82, 2.24) is 14.8 Å². The Hall–Kier alpha value is -1.31. The molecule has 2 aromatic rings. The third-order valence-corrected chi connectivity index (χ3v) is 9.40. The van der Waals surface area contributed by atoms with Gasteiger partial charge in [0.25, 0.3) is 0 Å². The third kappa shape index (κ3) is 5.20. The highest BCUT2D eigenvalue weighted by Crippen LogP contribution is 2.44. The molecule has 6 heteroatoms. The van der Waals surface area contributed by atoms with E-state index in [-0.39, 0.29) is 11.7 Å². The first-order valence-electron chi connectivity index (χ1n) is 12.8. The number of likely N-dealkylation sites (tertiary alicyclic amines) is 1. The normalized spacial score (nSPS) is 25.5. The Kier molecular flexibility index (Phi) is 7.19. The van der Waals surface area contributed by atoms with Crippen LogP contribution in [0.2, 0.25) is 0 Å². The van der Waals surface area contributed by atoms with Gasteiger partial charge < -0.3 is 9.84 Å². The lowest BCUT2D eigenvalue weighted by Gasteiger charge is -2.44. The van der Waals surface area contributed by atoms with E-state index in [0.29, 0.717) is 6.04 Å². The van der Waals surface area contributed by atoms with Gasteiger partial charge in [-0.2, -0.15) is 0 Å². The zero-order valence-electron chi connectivity index (χ0n) is 20.3. The van der Waals surface area contributed by atoms with E-state index in [9.17, 15) is 5.11 Å². The molecule has 1 saturated heterocycles. The summed E-state index contributed by atoms with van der Waals surface area (Å²) in [4.78, 5) is 12.8. The number of thiophene rings is 1. The van der Waals surface area contributed by atoms with Crippen LogP contribution in [0.1, 0.15) is 72.0 Å². The van der Waals surface area contributed by atoms with Crippen LogP contribution in [0.3, 0.4) is 0 Å². The second-order valence-corrected chi connectivity index (χ2v) is 11.5. The van der Waals surface area contributed by atoms with Gasteiger partial charge in [0.15, 0.2) is 0 Å². The van der Waals surface area contributed by atoms with E-state index in [4.69, 9.17) is 9.72 Å². The smallest absolute Gasteiger partial charge is 0.0966 e. The van der Waals surface area contributed by atoms with E-state index in [1.54, 1.807) is 4.88 Å². The molecule has 1 N–H and O–H groups in total. The van der Waals surface area contributed by atoms with Gasteiger partial charge in [-0.05, 0) is 75.3 Å². The predicted octanol–water partition coefficient (Wildman–Crippen LogP) is 4.50. The topological polar surface area (TPSA) is 48.8 Å². The number of aryl methyl sites for hydroxylation is 1. The molecule has 4 heterocycles. The van der Waals surface area contributed by atoms with E-state index >= 15 is 0 Å². The van der Waals surface area contributed by atoms with E-state index < -0.39 is 0 Å². The molecule has 33 heavy (non-hydrogen) atoms.